The largest absolute Gasteiger partial charge is 0.453 e. The molecule has 2 aliphatic rings. The summed E-state index contributed by atoms with van der Waals surface area (Å²) in [5.41, 5.74) is 3.84. The second-order valence-electron chi connectivity index (χ2n) is 14.4. The molecule has 16 heteroatoms. The number of imide groups is 1. The van der Waals surface area contributed by atoms with Gasteiger partial charge in [-0.1, -0.05) is 64.1 Å². The van der Waals surface area contributed by atoms with Crippen LogP contribution in [0.3, 0.4) is 0 Å². The number of H-pyrrole nitrogens is 1. The SMILES string of the molecule is COC(=O)NC(C(=O)N1CCCC1c1ncc(-c2ccc(-c3cccc(NC(=O)NC(=O)C4CCCN4C(=O)[C@@H](NC(=O)OC)C(C)C)c3)cc2)[nH]1)C(C)C. The molecule has 0 aliphatic carbocycles. The Kier molecular flexibility index (Phi) is 13.1. The van der Waals surface area contributed by atoms with Gasteiger partial charge in [0.05, 0.1) is 32.2 Å². The minimum atomic E-state index is -0.884. The number of carbonyl (C=O) groups excluding carboxylic acids is 6. The van der Waals surface area contributed by atoms with E-state index in [9.17, 15) is 28.8 Å². The summed E-state index contributed by atoms with van der Waals surface area (Å²) >= 11 is 0. The van der Waals surface area contributed by atoms with Crippen molar-refractivity contribution in [2.45, 2.75) is 77.5 Å². The first kappa shape index (κ1) is 40.3. The van der Waals surface area contributed by atoms with Gasteiger partial charge in [-0.15, -0.1) is 0 Å². The highest BCUT2D eigenvalue weighted by atomic mass is 16.5. The number of anilines is 1. The summed E-state index contributed by atoms with van der Waals surface area (Å²) in [6.07, 6.45) is 2.86. The first-order valence-corrected chi connectivity index (χ1v) is 18.5. The number of nitrogens with zero attached hydrogens (tertiary/aromatic N) is 3. The predicted octanol–water partition coefficient (Wildman–Crippen LogP) is 4.81. The molecule has 2 saturated heterocycles. The number of alkyl carbamates (subject to hydrolysis) is 2. The predicted molar refractivity (Wildman–Crippen MR) is 203 cm³/mol. The monoisotopic (exact) mass is 758 g/mol. The van der Waals surface area contributed by atoms with Crippen molar-refractivity contribution in [3.63, 3.8) is 0 Å². The molecule has 2 aliphatic heterocycles. The molecule has 294 valence electrons. The fraction of sp³-hybridized carbons (Fsp3) is 0.462. The van der Waals surface area contributed by atoms with Crippen molar-refractivity contribution in [2.75, 3.05) is 32.6 Å². The Morgan fingerprint density at radius 3 is 1.96 bits per heavy atom. The van der Waals surface area contributed by atoms with Crippen LogP contribution < -0.4 is 21.3 Å². The maximum absolute atomic E-state index is 13.5. The molecule has 2 fully saturated rings. The lowest BCUT2D eigenvalue weighted by atomic mass is 10.0. The van der Waals surface area contributed by atoms with Crippen LogP contribution in [0.4, 0.5) is 20.1 Å². The Morgan fingerprint density at radius 1 is 0.764 bits per heavy atom. The molecule has 55 heavy (non-hydrogen) atoms. The van der Waals surface area contributed by atoms with E-state index in [1.807, 2.05) is 44.2 Å². The van der Waals surface area contributed by atoms with Crippen LogP contribution >= 0.6 is 0 Å². The van der Waals surface area contributed by atoms with Crippen LogP contribution in [0.2, 0.25) is 0 Å². The molecule has 16 nitrogen and oxygen atoms in total. The Morgan fingerprint density at radius 2 is 1.35 bits per heavy atom. The van der Waals surface area contributed by atoms with Gasteiger partial charge in [-0.25, -0.2) is 19.4 Å². The number of aromatic nitrogens is 2. The van der Waals surface area contributed by atoms with Crippen LogP contribution in [0.25, 0.3) is 22.4 Å². The molecule has 3 aromatic rings. The number of nitrogens with one attached hydrogen (secondary N) is 5. The number of hydrogen-bond acceptors (Lipinski definition) is 9. The number of amides is 7. The van der Waals surface area contributed by atoms with Gasteiger partial charge in [0.25, 0.3) is 5.91 Å². The zero-order valence-electron chi connectivity index (χ0n) is 32.0. The molecule has 0 radical (unpaired) electrons. The van der Waals surface area contributed by atoms with Gasteiger partial charge in [0.1, 0.15) is 23.9 Å². The third-order valence-corrected chi connectivity index (χ3v) is 9.95. The molecule has 5 rings (SSSR count). The van der Waals surface area contributed by atoms with Crippen molar-refractivity contribution >= 4 is 41.6 Å². The normalized spacial score (nSPS) is 17.7. The van der Waals surface area contributed by atoms with Gasteiger partial charge in [-0.05, 0) is 66.3 Å². The van der Waals surface area contributed by atoms with E-state index in [1.54, 1.807) is 43.1 Å². The second-order valence-corrected chi connectivity index (χ2v) is 14.4. The first-order chi connectivity index (χ1) is 26.3. The highest BCUT2D eigenvalue weighted by molar-refractivity contribution is 6.04. The van der Waals surface area contributed by atoms with E-state index in [1.165, 1.54) is 19.1 Å². The molecule has 0 saturated carbocycles. The fourth-order valence-corrected chi connectivity index (χ4v) is 7.00. The highest BCUT2D eigenvalue weighted by Crippen LogP contribution is 2.33. The lowest BCUT2D eigenvalue weighted by molar-refractivity contribution is -0.140. The molecule has 1 aromatic heterocycles. The topological polar surface area (TPSA) is 204 Å². The molecule has 3 unspecified atom stereocenters. The van der Waals surface area contributed by atoms with Crippen molar-refractivity contribution < 1.29 is 38.2 Å². The van der Waals surface area contributed by atoms with Crippen LogP contribution in [0.1, 0.15) is 65.2 Å². The molecule has 0 bridgehead atoms. The summed E-state index contributed by atoms with van der Waals surface area (Å²) < 4.78 is 9.39. The van der Waals surface area contributed by atoms with Crippen molar-refractivity contribution in [1.29, 1.82) is 0 Å². The van der Waals surface area contributed by atoms with Gasteiger partial charge in [0.2, 0.25) is 11.8 Å². The number of urea groups is 1. The van der Waals surface area contributed by atoms with E-state index in [0.717, 1.165) is 35.2 Å². The van der Waals surface area contributed by atoms with E-state index in [-0.39, 0.29) is 23.8 Å². The minimum absolute atomic E-state index is 0.133. The third-order valence-electron chi connectivity index (χ3n) is 9.95. The smallest absolute Gasteiger partial charge is 0.407 e. The Balaban J connectivity index is 1.20. The van der Waals surface area contributed by atoms with Gasteiger partial charge in [-0.2, -0.15) is 0 Å². The summed E-state index contributed by atoms with van der Waals surface area (Å²) in [7, 11) is 2.48. The fourth-order valence-electron chi connectivity index (χ4n) is 7.00. The van der Waals surface area contributed by atoms with Crippen molar-refractivity contribution in [1.82, 2.24) is 35.7 Å². The van der Waals surface area contributed by atoms with E-state index >= 15 is 0 Å². The van der Waals surface area contributed by atoms with Crippen molar-refractivity contribution in [3.05, 3.63) is 60.6 Å². The molecule has 0 spiro atoms. The van der Waals surface area contributed by atoms with Gasteiger partial charge in [0, 0.05) is 18.8 Å². The van der Waals surface area contributed by atoms with E-state index < -0.39 is 48.2 Å². The number of methoxy groups -OCH3 is 2. The van der Waals surface area contributed by atoms with Gasteiger partial charge in [-0.3, -0.25) is 19.7 Å². The number of carbonyl (C=O) groups is 6. The third kappa shape index (κ3) is 9.60. The maximum atomic E-state index is 13.5. The second kappa shape index (κ2) is 17.9. The molecule has 2 aromatic carbocycles. The average Bonchev–Trinajstić information content (AvgIpc) is 3.97. The molecule has 5 N–H and O–H groups in total. The van der Waals surface area contributed by atoms with Crippen molar-refractivity contribution in [3.8, 4) is 22.4 Å². The van der Waals surface area contributed by atoms with Crippen molar-refractivity contribution in [2.24, 2.45) is 11.8 Å². The first-order valence-electron chi connectivity index (χ1n) is 18.5. The number of benzene rings is 2. The summed E-state index contributed by atoms with van der Waals surface area (Å²) in [6.45, 7) is 8.19. The van der Waals surface area contributed by atoms with Crippen LogP contribution in [0, 0.1) is 11.8 Å². The number of imidazole rings is 1. The summed E-state index contributed by atoms with van der Waals surface area (Å²) in [6, 6.07) is 11.5. The average molecular weight is 759 g/mol. The summed E-state index contributed by atoms with van der Waals surface area (Å²) in [4.78, 5) is 87.9. The van der Waals surface area contributed by atoms with Gasteiger partial charge < -0.3 is 40.2 Å². The number of hydrogen-bond donors (Lipinski definition) is 5. The lowest BCUT2D eigenvalue weighted by Gasteiger charge is -2.30. The Hall–Kier alpha value is -5.93. The standard InChI is InChI=1S/C39H50N8O8/c1-22(2)31(43-38(52)54-5)35(49)46-18-8-12-29(46)33-40-21-28(42-33)25-16-14-24(15-17-25)26-10-7-11-27(20-26)41-37(51)45-34(48)30-13-9-19-47(30)36(50)32(23(3)4)44-39(53)55-6/h7,10-11,14-17,20-23,29-32H,8-9,12-13,18-19H2,1-6H3,(H,40,42)(H,43,52)(H,44,53)(H2,41,45,48,51)/t29?,30?,31?,32-/m0/s1. The van der Waals surface area contributed by atoms with Crippen LogP contribution in [-0.2, 0) is 23.9 Å². The van der Waals surface area contributed by atoms with Crippen LogP contribution in [0.5, 0.6) is 0 Å². The maximum Gasteiger partial charge on any atom is 0.407 e. The molecule has 4 atom stereocenters. The zero-order chi connectivity index (χ0) is 39.8. The summed E-state index contributed by atoms with van der Waals surface area (Å²) in [5.74, 6) is -0.918. The Bertz CT molecular complexity index is 1880. The van der Waals surface area contributed by atoms with Gasteiger partial charge >= 0.3 is 18.2 Å². The number of aromatic amines is 1. The lowest BCUT2D eigenvalue weighted by Crippen LogP contribution is -2.55. The minimum Gasteiger partial charge on any atom is -0.453 e. The van der Waals surface area contributed by atoms with Crippen LogP contribution in [-0.4, -0.2) is 101 Å². The van der Waals surface area contributed by atoms with E-state index in [0.29, 0.717) is 37.4 Å². The number of ether oxygens (including phenoxy) is 2. The molecular weight excluding hydrogens is 708 g/mol. The Labute approximate surface area is 320 Å². The zero-order valence-corrected chi connectivity index (χ0v) is 32.0. The van der Waals surface area contributed by atoms with E-state index in [2.05, 4.69) is 36.0 Å². The quantitative estimate of drug-likeness (QED) is 0.182. The highest BCUT2D eigenvalue weighted by Gasteiger charge is 2.40. The summed E-state index contributed by atoms with van der Waals surface area (Å²) in [5, 5.41) is 10.3. The van der Waals surface area contributed by atoms with Gasteiger partial charge in [0.15, 0.2) is 0 Å². The molecule has 3 heterocycles. The van der Waals surface area contributed by atoms with Crippen LogP contribution in [0.15, 0.2) is 54.7 Å². The number of likely N-dealkylation sites (tertiary alicyclic amines) is 2. The molecular formula is C39H50N8O8. The van der Waals surface area contributed by atoms with E-state index in [4.69, 9.17) is 4.74 Å². The molecule has 7 amide bonds. The number of rotatable bonds is 11.